The molecule has 104 valence electrons. The molecule has 0 bridgehead atoms. The molecule has 2 atom stereocenters. The average Bonchev–Trinajstić information content (AvgIpc) is 2.70. The second kappa shape index (κ2) is 5.25. The lowest BCUT2D eigenvalue weighted by atomic mass is 10.0. The Bertz CT molecular complexity index is 490. The van der Waals surface area contributed by atoms with Crippen molar-refractivity contribution in [2.24, 2.45) is 5.92 Å². The summed E-state index contributed by atoms with van der Waals surface area (Å²) < 4.78 is 26.8. The molecule has 3 nitrogen and oxygen atoms in total. The molecule has 1 aliphatic heterocycles. The molecular weight excluding hydrogens is 250 g/mol. The van der Waals surface area contributed by atoms with E-state index in [-0.39, 0.29) is 24.4 Å². The van der Waals surface area contributed by atoms with Crippen LogP contribution in [0.5, 0.6) is 0 Å². The van der Waals surface area contributed by atoms with Gasteiger partial charge in [0.05, 0.1) is 6.54 Å². The minimum absolute atomic E-state index is 0.0167. The first-order valence-corrected chi connectivity index (χ1v) is 6.41. The van der Waals surface area contributed by atoms with Crippen molar-refractivity contribution in [3.63, 3.8) is 0 Å². The third-order valence-electron chi connectivity index (χ3n) is 3.67. The van der Waals surface area contributed by atoms with E-state index in [0.29, 0.717) is 5.56 Å². The highest BCUT2D eigenvalue weighted by molar-refractivity contribution is 5.81. The maximum Gasteiger partial charge on any atom is 0.238 e. The third kappa shape index (κ3) is 2.61. The van der Waals surface area contributed by atoms with Gasteiger partial charge in [-0.25, -0.2) is 8.78 Å². The maximum atomic E-state index is 13.8. The molecular formula is C14H18F2N2O. The molecule has 0 saturated carbocycles. The van der Waals surface area contributed by atoms with E-state index in [2.05, 4.69) is 5.32 Å². The normalized spacial score (nSPS) is 21.3. The zero-order valence-corrected chi connectivity index (χ0v) is 11.3. The minimum atomic E-state index is -0.631. The van der Waals surface area contributed by atoms with E-state index < -0.39 is 17.8 Å². The number of nitrogens with one attached hydrogen (secondary N) is 1. The Balaban J connectivity index is 2.35. The minimum Gasteiger partial charge on any atom is -0.319 e. The van der Waals surface area contributed by atoms with E-state index in [4.69, 9.17) is 0 Å². The van der Waals surface area contributed by atoms with E-state index in [1.165, 1.54) is 12.1 Å². The Hall–Kier alpha value is -1.49. The highest BCUT2D eigenvalue weighted by Crippen LogP contribution is 2.29. The Kier molecular flexibility index (Phi) is 3.85. The summed E-state index contributed by atoms with van der Waals surface area (Å²) in [7, 11) is 0. The van der Waals surface area contributed by atoms with Crippen LogP contribution in [0.2, 0.25) is 0 Å². The van der Waals surface area contributed by atoms with Crippen molar-refractivity contribution in [3.8, 4) is 0 Å². The summed E-state index contributed by atoms with van der Waals surface area (Å²) in [5.74, 6) is -1.05. The van der Waals surface area contributed by atoms with Gasteiger partial charge in [0, 0.05) is 17.7 Å². The molecule has 1 heterocycles. The highest BCUT2D eigenvalue weighted by Gasteiger charge is 2.37. The van der Waals surface area contributed by atoms with Crippen LogP contribution >= 0.6 is 0 Å². The van der Waals surface area contributed by atoms with Crippen LogP contribution in [-0.4, -0.2) is 23.4 Å². The van der Waals surface area contributed by atoms with Gasteiger partial charge in [-0.15, -0.1) is 0 Å². The molecule has 5 heteroatoms. The number of benzene rings is 1. The fraction of sp³-hybridized carbons (Fsp3) is 0.500. The van der Waals surface area contributed by atoms with Gasteiger partial charge in [0.25, 0.3) is 0 Å². The largest absolute Gasteiger partial charge is 0.319 e. The van der Waals surface area contributed by atoms with Crippen molar-refractivity contribution in [2.45, 2.75) is 33.0 Å². The summed E-state index contributed by atoms with van der Waals surface area (Å²) in [6.07, 6.45) is -0.523. The van der Waals surface area contributed by atoms with Gasteiger partial charge in [0.2, 0.25) is 5.91 Å². The van der Waals surface area contributed by atoms with Crippen LogP contribution in [0.1, 0.15) is 32.5 Å². The number of carbonyl (C=O) groups is 1. The van der Waals surface area contributed by atoms with Gasteiger partial charge in [-0.1, -0.05) is 13.8 Å². The zero-order chi connectivity index (χ0) is 14.2. The zero-order valence-electron chi connectivity index (χ0n) is 11.3. The van der Waals surface area contributed by atoms with Crippen LogP contribution in [0.4, 0.5) is 8.78 Å². The lowest BCUT2D eigenvalue weighted by Crippen LogP contribution is -2.41. The van der Waals surface area contributed by atoms with E-state index in [1.54, 1.807) is 4.90 Å². The average molecular weight is 268 g/mol. The molecule has 2 unspecified atom stereocenters. The fourth-order valence-corrected chi connectivity index (χ4v) is 2.28. The van der Waals surface area contributed by atoms with Crippen LogP contribution in [-0.2, 0) is 4.79 Å². The predicted molar refractivity (Wildman–Crippen MR) is 68.2 cm³/mol. The SMILES string of the molecule is CC(C)C(C)N1C(=O)CNC1c1ccc(F)cc1F. The number of rotatable bonds is 3. The number of amides is 1. The first kappa shape index (κ1) is 13.9. The standard InChI is InChI=1S/C14H18F2N2O/c1-8(2)9(3)18-13(19)7-17-14(18)11-5-4-10(15)6-12(11)16/h4-6,8-9,14,17H,7H2,1-3H3. The first-order chi connectivity index (χ1) is 8.91. The van der Waals surface area contributed by atoms with Gasteiger partial charge in [0.15, 0.2) is 0 Å². The molecule has 1 aromatic carbocycles. The number of halogens is 2. The van der Waals surface area contributed by atoms with Crippen molar-refractivity contribution in [1.82, 2.24) is 10.2 Å². The Morgan fingerprint density at radius 2 is 2.00 bits per heavy atom. The molecule has 19 heavy (non-hydrogen) atoms. The van der Waals surface area contributed by atoms with Gasteiger partial charge in [0.1, 0.15) is 17.8 Å². The summed E-state index contributed by atoms with van der Waals surface area (Å²) in [4.78, 5) is 13.6. The van der Waals surface area contributed by atoms with Crippen LogP contribution in [0.3, 0.4) is 0 Å². The molecule has 2 rings (SSSR count). The van der Waals surface area contributed by atoms with Crippen molar-refractivity contribution in [2.75, 3.05) is 6.54 Å². The highest BCUT2D eigenvalue weighted by atomic mass is 19.1. The van der Waals surface area contributed by atoms with Crippen LogP contribution in [0, 0.1) is 17.6 Å². The molecule has 1 amide bonds. The van der Waals surface area contributed by atoms with Crippen molar-refractivity contribution < 1.29 is 13.6 Å². The number of hydrogen-bond acceptors (Lipinski definition) is 2. The van der Waals surface area contributed by atoms with Crippen LogP contribution in [0.15, 0.2) is 18.2 Å². The molecule has 1 fully saturated rings. The number of hydrogen-bond donors (Lipinski definition) is 1. The van der Waals surface area contributed by atoms with Gasteiger partial charge in [-0.2, -0.15) is 0 Å². The van der Waals surface area contributed by atoms with Gasteiger partial charge in [-0.3, -0.25) is 10.1 Å². The molecule has 0 aliphatic carbocycles. The Morgan fingerprint density at radius 3 is 2.58 bits per heavy atom. The molecule has 1 saturated heterocycles. The lowest BCUT2D eigenvalue weighted by Gasteiger charge is -2.33. The summed E-state index contributed by atoms with van der Waals surface area (Å²) in [5, 5.41) is 2.98. The summed E-state index contributed by atoms with van der Waals surface area (Å²) in [6, 6.07) is 3.43. The monoisotopic (exact) mass is 268 g/mol. The Labute approximate surface area is 111 Å². The van der Waals surface area contributed by atoms with Crippen LogP contribution < -0.4 is 5.32 Å². The third-order valence-corrected chi connectivity index (χ3v) is 3.67. The summed E-state index contributed by atoms with van der Waals surface area (Å²) in [6.45, 7) is 6.13. The molecule has 1 aliphatic rings. The first-order valence-electron chi connectivity index (χ1n) is 6.41. The summed E-state index contributed by atoms with van der Waals surface area (Å²) in [5.41, 5.74) is 0.305. The van der Waals surface area contributed by atoms with Gasteiger partial charge < -0.3 is 4.90 Å². The second-order valence-corrected chi connectivity index (χ2v) is 5.23. The van der Waals surface area contributed by atoms with E-state index in [9.17, 15) is 13.6 Å². The van der Waals surface area contributed by atoms with E-state index >= 15 is 0 Å². The molecule has 0 radical (unpaired) electrons. The lowest BCUT2D eigenvalue weighted by molar-refractivity contribution is -0.130. The van der Waals surface area contributed by atoms with Crippen LogP contribution in [0.25, 0.3) is 0 Å². The quantitative estimate of drug-likeness (QED) is 0.913. The van der Waals surface area contributed by atoms with Gasteiger partial charge >= 0.3 is 0 Å². The summed E-state index contributed by atoms with van der Waals surface area (Å²) >= 11 is 0. The van der Waals surface area contributed by atoms with Crippen molar-refractivity contribution in [1.29, 1.82) is 0 Å². The molecule has 0 aromatic heterocycles. The molecule has 1 aromatic rings. The number of carbonyl (C=O) groups excluding carboxylic acids is 1. The topological polar surface area (TPSA) is 32.3 Å². The van der Waals surface area contributed by atoms with E-state index in [0.717, 1.165) is 6.07 Å². The van der Waals surface area contributed by atoms with Gasteiger partial charge in [-0.05, 0) is 25.0 Å². The molecule has 0 spiro atoms. The smallest absolute Gasteiger partial charge is 0.238 e. The van der Waals surface area contributed by atoms with Crippen molar-refractivity contribution >= 4 is 5.91 Å². The molecule has 1 N–H and O–H groups in total. The predicted octanol–water partition coefficient (Wildman–Crippen LogP) is 2.44. The number of nitrogens with zero attached hydrogens (tertiary/aromatic N) is 1. The van der Waals surface area contributed by atoms with E-state index in [1.807, 2.05) is 20.8 Å². The van der Waals surface area contributed by atoms with Crippen molar-refractivity contribution in [3.05, 3.63) is 35.4 Å². The second-order valence-electron chi connectivity index (χ2n) is 5.23. The maximum absolute atomic E-state index is 13.8. The fourth-order valence-electron chi connectivity index (χ4n) is 2.28. The Morgan fingerprint density at radius 1 is 1.32 bits per heavy atom.